The maximum atomic E-state index is 12.5. The summed E-state index contributed by atoms with van der Waals surface area (Å²) in [6, 6.07) is 13.7. The standard InChI is InChI=1S/C19H24N2O5S/c1-14(15-9-11-16(25-2)12-10-15)20-19(22)13-21(27(4,23)24)17-7-5-6-8-18(17)26-3/h5-12,14H,13H2,1-4H3,(H,20,22). The number of anilines is 1. The van der Waals surface area contributed by atoms with Gasteiger partial charge in [-0.25, -0.2) is 8.42 Å². The Morgan fingerprint density at radius 1 is 1.07 bits per heavy atom. The zero-order valence-corrected chi connectivity index (χ0v) is 16.6. The van der Waals surface area contributed by atoms with E-state index >= 15 is 0 Å². The predicted molar refractivity (Wildman–Crippen MR) is 105 cm³/mol. The van der Waals surface area contributed by atoms with Gasteiger partial charge in [-0.2, -0.15) is 0 Å². The van der Waals surface area contributed by atoms with Crippen molar-refractivity contribution in [2.45, 2.75) is 13.0 Å². The van der Waals surface area contributed by atoms with Crippen LogP contribution in [0.5, 0.6) is 11.5 Å². The summed E-state index contributed by atoms with van der Waals surface area (Å²) in [7, 11) is -0.648. The molecule has 27 heavy (non-hydrogen) atoms. The van der Waals surface area contributed by atoms with Gasteiger partial charge in [0.2, 0.25) is 15.9 Å². The highest BCUT2D eigenvalue weighted by Crippen LogP contribution is 2.29. The molecule has 0 aliphatic heterocycles. The van der Waals surface area contributed by atoms with Crippen LogP contribution in [0, 0.1) is 0 Å². The molecule has 1 amide bonds. The molecule has 1 N–H and O–H groups in total. The second-order valence-corrected chi connectivity index (χ2v) is 7.91. The van der Waals surface area contributed by atoms with Gasteiger partial charge in [0.25, 0.3) is 0 Å². The van der Waals surface area contributed by atoms with Gasteiger partial charge < -0.3 is 14.8 Å². The van der Waals surface area contributed by atoms with Crippen molar-refractivity contribution in [2.75, 3.05) is 31.3 Å². The molecule has 0 heterocycles. The fraction of sp³-hybridized carbons (Fsp3) is 0.316. The molecule has 0 spiro atoms. The molecule has 2 aromatic carbocycles. The van der Waals surface area contributed by atoms with Crippen LogP contribution in [0.3, 0.4) is 0 Å². The molecule has 0 fully saturated rings. The molecule has 0 saturated heterocycles. The molecule has 1 unspecified atom stereocenters. The molecule has 0 aliphatic carbocycles. The minimum Gasteiger partial charge on any atom is -0.497 e. The van der Waals surface area contributed by atoms with Crippen LogP contribution in [0.25, 0.3) is 0 Å². The van der Waals surface area contributed by atoms with Crippen molar-refractivity contribution >= 4 is 21.6 Å². The SMILES string of the molecule is COc1ccc(C(C)NC(=O)CN(c2ccccc2OC)S(C)(=O)=O)cc1. The van der Waals surface area contributed by atoms with Crippen LogP contribution in [-0.4, -0.2) is 41.3 Å². The minimum atomic E-state index is -3.68. The number of sulfonamides is 1. The van der Waals surface area contributed by atoms with Crippen molar-refractivity contribution in [2.24, 2.45) is 0 Å². The number of para-hydroxylation sites is 2. The van der Waals surface area contributed by atoms with E-state index in [0.717, 1.165) is 21.9 Å². The Balaban J connectivity index is 2.16. The van der Waals surface area contributed by atoms with Gasteiger partial charge in [0.15, 0.2) is 0 Å². The molecule has 0 aliphatic rings. The molecule has 0 aromatic heterocycles. The minimum absolute atomic E-state index is 0.289. The van der Waals surface area contributed by atoms with Crippen molar-refractivity contribution in [1.29, 1.82) is 0 Å². The molecule has 7 nitrogen and oxygen atoms in total. The summed E-state index contributed by atoms with van der Waals surface area (Å²) in [5.74, 6) is 0.672. The lowest BCUT2D eigenvalue weighted by Crippen LogP contribution is -2.41. The van der Waals surface area contributed by atoms with Gasteiger partial charge in [0.1, 0.15) is 18.0 Å². The van der Waals surface area contributed by atoms with E-state index in [0.29, 0.717) is 11.4 Å². The fourth-order valence-corrected chi connectivity index (χ4v) is 3.47. The van der Waals surface area contributed by atoms with Crippen molar-refractivity contribution in [1.82, 2.24) is 5.32 Å². The van der Waals surface area contributed by atoms with Crippen molar-refractivity contribution in [3.63, 3.8) is 0 Å². The van der Waals surface area contributed by atoms with Gasteiger partial charge in [0.05, 0.1) is 32.2 Å². The summed E-state index contributed by atoms with van der Waals surface area (Å²) >= 11 is 0. The van der Waals surface area contributed by atoms with E-state index in [1.165, 1.54) is 7.11 Å². The first kappa shape index (κ1) is 20.6. The van der Waals surface area contributed by atoms with Gasteiger partial charge in [0, 0.05) is 0 Å². The molecule has 0 radical (unpaired) electrons. The number of carbonyl (C=O) groups excluding carboxylic acids is 1. The lowest BCUT2D eigenvalue weighted by atomic mass is 10.1. The van der Waals surface area contributed by atoms with Gasteiger partial charge in [-0.3, -0.25) is 9.10 Å². The fourth-order valence-electron chi connectivity index (χ4n) is 2.61. The van der Waals surface area contributed by atoms with Crippen LogP contribution in [0.2, 0.25) is 0 Å². The Kier molecular flexibility index (Phi) is 6.68. The Bertz CT molecular complexity index is 881. The quantitative estimate of drug-likeness (QED) is 0.745. The van der Waals surface area contributed by atoms with Crippen LogP contribution in [-0.2, 0) is 14.8 Å². The third-order valence-corrected chi connectivity index (χ3v) is 5.16. The zero-order chi connectivity index (χ0) is 20.0. The number of rotatable bonds is 8. The number of benzene rings is 2. The molecule has 0 saturated carbocycles. The molecule has 2 rings (SSSR count). The molecule has 0 bridgehead atoms. The Morgan fingerprint density at radius 2 is 1.70 bits per heavy atom. The van der Waals surface area contributed by atoms with E-state index in [1.807, 2.05) is 19.1 Å². The maximum absolute atomic E-state index is 12.5. The summed E-state index contributed by atoms with van der Waals surface area (Å²) in [5, 5.41) is 2.82. The van der Waals surface area contributed by atoms with E-state index in [9.17, 15) is 13.2 Å². The number of ether oxygens (including phenoxy) is 2. The summed E-state index contributed by atoms with van der Waals surface area (Å²) in [4.78, 5) is 12.5. The number of hydrogen-bond donors (Lipinski definition) is 1. The highest BCUT2D eigenvalue weighted by Gasteiger charge is 2.24. The lowest BCUT2D eigenvalue weighted by molar-refractivity contribution is -0.120. The Hall–Kier alpha value is -2.74. The summed E-state index contributed by atoms with van der Waals surface area (Å²) in [6.45, 7) is 1.48. The summed E-state index contributed by atoms with van der Waals surface area (Å²) < 4.78 is 35.9. The van der Waals surface area contributed by atoms with Crippen molar-refractivity contribution in [3.05, 3.63) is 54.1 Å². The normalized spacial score (nSPS) is 12.1. The Labute approximate surface area is 160 Å². The smallest absolute Gasteiger partial charge is 0.241 e. The van der Waals surface area contributed by atoms with E-state index < -0.39 is 15.9 Å². The monoisotopic (exact) mass is 392 g/mol. The summed E-state index contributed by atoms with van der Waals surface area (Å²) in [5.41, 5.74) is 1.20. The molecule has 1 atom stereocenters. The van der Waals surface area contributed by atoms with Crippen molar-refractivity contribution < 1.29 is 22.7 Å². The predicted octanol–water partition coefficient (Wildman–Crippen LogP) is 2.35. The first-order valence-electron chi connectivity index (χ1n) is 8.30. The highest BCUT2D eigenvalue weighted by molar-refractivity contribution is 7.92. The van der Waals surface area contributed by atoms with Crippen LogP contribution >= 0.6 is 0 Å². The molecule has 146 valence electrons. The average molecular weight is 392 g/mol. The second kappa shape index (κ2) is 8.77. The van der Waals surface area contributed by atoms with E-state index in [4.69, 9.17) is 9.47 Å². The lowest BCUT2D eigenvalue weighted by Gasteiger charge is -2.24. The van der Waals surface area contributed by atoms with Gasteiger partial charge in [-0.15, -0.1) is 0 Å². The number of carbonyl (C=O) groups is 1. The van der Waals surface area contributed by atoms with Crippen LogP contribution in [0.15, 0.2) is 48.5 Å². The van der Waals surface area contributed by atoms with E-state index in [-0.39, 0.29) is 12.6 Å². The third kappa shape index (κ3) is 5.37. The van der Waals surface area contributed by atoms with Crippen LogP contribution in [0.1, 0.15) is 18.5 Å². The van der Waals surface area contributed by atoms with Gasteiger partial charge in [-0.1, -0.05) is 24.3 Å². The third-order valence-electron chi connectivity index (χ3n) is 4.03. The topological polar surface area (TPSA) is 84.9 Å². The van der Waals surface area contributed by atoms with Gasteiger partial charge in [-0.05, 0) is 36.8 Å². The zero-order valence-electron chi connectivity index (χ0n) is 15.8. The average Bonchev–Trinajstić information content (AvgIpc) is 2.65. The number of nitrogens with one attached hydrogen (secondary N) is 1. The number of nitrogens with zero attached hydrogens (tertiary/aromatic N) is 1. The van der Waals surface area contributed by atoms with Crippen LogP contribution in [0.4, 0.5) is 5.69 Å². The first-order valence-corrected chi connectivity index (χ1v) is 10.1. The molecule has 8 heteroatoms. The maximum Gasteiger partial charge on any atom is 0.241 e. The van der Waals surface area contributed by atoms with E-state index in [2.05, 4.69) is 5.32 Å². The second-order valence-electron chi connectivity index (χ2n) is 6.00. The largest absolute Gasteiger partial charge is 0.497 e. The van der Waals surface area contributed by atoms with E-state index in [1.54, 1.807) is 43.5 Å². The first-order chi connectivity index (χ1) is 12.8. The number of amides is 1. The Morgan fingerprint density at radius 3 is 2.26 bits per heavy atom. The highest BCUT2D eigenvalue weighted by atomic mass is 32.2. The number of methoxy groups -OCH3 is 2. The molecular weight excluding hydrogens is 368 g/mol. The number of hydrogen-bond acceptors (Lipinski definition) is 5. The van der Waals surface area contributed by atoms with Gasteiger partial charge >= 0.3 is 0 Å². The molecular formula is C19H24N2O5S. The molecule has 2 aromatic rings. The van der Waals surface area contributed by atoms with Crippen molar-refractivity contribution in [3.8, 4) is 11.5 Å². The van der Waals surface area contributed by atoms with Crippen LogP contribution < -0.4 is 19.1 Å². The summed E-state index contributed by atoms with van der Waals surface area (Å²) in [6.07, 6.45) is 1.06.